The van der Waals surface area contributed by atoms with Gasteiger partial charge in [-0.1, -0.05) is 38.7 Å². The Morgan fingerprint density at radius 3 is 2.71 bits per heavy atom. The second kappa shape index (κ2) is 5.51. The summed E-state index contributed by atoms with van der Waals surface area (Å²) >= 11 is 0. The van der Waals surface area contributed by atoms with Crippen molar-refractivity contribution < 1.29 is 4.79 Å². The summed E-state index contributed by atoms with van der Waals surface area (Å²) in [6.45, 7) is 5.96. The van der Waals surface area contributed by atoms with Crippen LogP contribution in [0.4, 0.5) is 5.69 Å². The van der Waals surface area contributed by atoms with Crippen molar-refractivity contribution >= 4 is 11.6 Å². The molecular weight excluding hydrogens is 212 g/mol. The van der Waals surface area contributed by atoms with E-state index in [4.69, 9.17) is 5.73 Å². The minimum Gasteiger partial charge on any atom is -0.326 e. The zero-order chi connectivity index (χ0) is 12.9. The van der Waals surface area contributed by atoms with Gasteiger partial charge in [-0.15, -0.1) is 0 Å². The SMILES string of the molecule is CC(C)(C)C(=O)Nc1cccc(C#CCN)c1. The second-order valence-corrected chi connectivity index (χ2v) is 4.79. The Kier molecular flexibility index (Phi) is 4.30. The molecule has 3 heteroatoms. The molecule has 0 bridgehead atoms. The predicted octanol–water partition coefficient (Wildman–Crippen LogP) is 1.98. The lowest BCUT2D eigenvalue weighted by Gasteiger charge is -2.17. The maximum Gasteiger partial charge on any atom is 0.229 e. The molecule has 0 aromatic heterocycles. The van der Waals surface area contributed by atoms with Crippen LogP contribution in [-0.2, 0) is 4.79 Å². The van der Waals surface area contributed by atoms with E-state index in [-0.39, 0.29) is 5.91 Å². The van der Waals surface area contributed by atoms with Gasteiger partial charge in [-0.3, -0.25) is 4.79 Å². The van der Waals surface area contributed by atoms with Crippen molar-refractivity contribution in [2.75, 3.05) is 11.9 Å². The normalized spacial score (nSPS) is 10.4. The highest BCUT2D eigenvalue weighted by atomic mass is 16.2. The summed E-state index contributed by atoms with van der Waals surface area (Å²) < 4.78 is 0. The van der Waals surface area contributed by atoms with Crippen molar-refractivity contribution in [3.05, 3.63) is 29.8 Å². The molecular formula is C14H18N2O. The largest absolute Gasteiger partial charge is 0.326 e. The van der Waals surface area contributed by atoms with E-state index in [1.807, 2.05) is 45.0 Å². The van der Waals surface area contributed by atoms with E-state index in [1.165, 1.54) is 0 Å². The molecule has 3 N–H and O–H groups in total. The van der Waals surface area contributed by atoms with Gasteiger partial charge in [0, 0.05) is 16.7 Å². The molecule has 90 valence electrons. The van der Waals surface area contributed by atoms with Crippen LogP contribution in [0.15, 0.2) is 24.3 Å². The van der Waals surface area contributed by atoms with Crippen molar-refractivity contribution in [1.29, 1.82) is 0 Å². The van der Waals surface area contributed by atoms with Gasteiger partial charge in [0.2, 0.25) is 5.91 Å². The second-order valence-electron chi connectivity index (χ2n) is 4.79. The van der Waals surface area contributed by atoms with Gasteiger partial charge in [-0.2, -0.15) is 0 Å². The summed E-state index contributed by atoms with van der Waals surface area (Å²) in [4.78, 5) is 11.8. The fraction of sp³-hybridized carbons (Fsp3) is 0.357. The van der Waals surface area contributed by atoms with Gasteiger partial charge in [0.1, 0.15) is 0 Å². The minimum atomic E-state index is -0.404. The number of benzene rings is 1. The van der Waals surface area contributed by atoms with Crippen molar-refractivity contribution in [2.45, 2.75) is 20.8 Å². The van der Waals surface area contributed by atoms with E-state index >= 15 is 0 Å². The lowest BCUT2D eigenvalue weighted by atomic mass is 9.95. The fourth-order valence-electron chi connectivity index (χ4n) is 1.15. The molecule has 1 aromatic carbocycles. The van der Waals surface area contributed by atoms with Crippen LogP contribution in [0, 0.1) is 17.3 Å². The zero-order valence-corrected chi connectivity index (χ0v) is 10.5. The number of rotatable bonds is 1. The molecule has 0 fully saturated rings. The van der Waals surface area contributed by atoms with E-state index in [9.17, 15) is 4.79 Å². The average Bonchev–Trinajstić information content (AvgIpc) is 2.25. The van der Waals surface area contributed by atoms with Crippen molar-refractivity contribution in [1.82, 2.24) is 0 Å². The van der Waals surface area contributed by atoms with E-state index in [0.29, 0.717) is 6.54 Å². The summed E-state index contributed by atoms with van der Waals surface area (Å²) in [6, 6.07) is 7.43. The van der Waals surface area contributed by atoms with Gasteiger partial charge in [-0.25, -0.2) is 0 Å². The van der Waals surface area contributed by atoms with Crippen LogP contribution in [-0.4, -0.2) is 12.5 Å². The third-order valence-corrected chi connectivity index (χ3v) is 2.14. The average molecular weight is 230 g/mol. The molecule has 0 saturated carbocycles. The molecule has 0 saturated heterocycles. The number of nitrogens with one attached hydrogen (secondary N) is 1. The number of amides is 1. The highest BCUT2D eigenvalue weighted by Crippen LogP contribution is 2.17. The molecule has 0 aliphatic rings. The first kappa shape index (κ1) is 13.3. The van der Waals surface area contributed by atoms with Crippen LogP contribution >= 0.6 is 0 Å². The third kappa shape index (κ3) is 4.29. The highest BCUT2D eigenvalue weighted by Gasteiger charge is 2.20. The van der Waals surface area contributed by atoms with E-state index < -0.39 is 5.41 Å². The van der Waals surface area contributed by atoms with Crippen molar-refractivity contribution in [3.63, 3.8) is 0 Å². The van der Waals surface area contributed by atoms with Crippen LogP contribution in [0.3, 0.4) is 0 Å². The summed E-state index contributed by atoms with van der Waals surface area (Å²) in [6.07, 6.45) is 0. The number of carbonyl (C=O) groups is 1. The van der Waals surface area contributed by atoms with Crippen LogP contribution in [0.1, 0.15) is 26.3 Å². The summed E-state index contributed by atoms with van der Waals surface area (Å²) in [5.74, 6) is 5.70. The third-order valence-electron chi connectivity index (χ3n) is 2.14. The number of carbonyl (C=O) groups excluding carboxylic acids is 1. The maximum absolute atomic E-state index is 11.8. The fourth-order valence-corrected chi connectivity index (χ4v) is 1.15. The molecule has 0 aliphatic carbocycles. The van der Waals surface area contributed by atoms with Crippen molar-refractivity contribution in [2.24, 2.45) is 11.1 Å². The standard InChI is InChI=1S/C14H18N2O/c1-14(2,3)13(17)16-12-8-4-6-11(10-12)7-5-9-15/h4,6,8,10H,9,15H2,1-3H3,(H,16,17). The maximum atomic E-state index is 11.8. The number of hydrogen-bond donors (Lipinski definition) is 2. The molecule has 0 radical (unpaired) electrons. The van der Waals surface area contributed by atoms with Gasteiger partial charge in [0.15, 0.2) is 0 Å². The Morgan fingerprint density at radius 1 is 1.41 bits per heavy atom. The van der Waals surface area contributed by atoms with Gasteiger partial charge in [0.25, 0.3) is 0 Å². The van der Waals surface area contributed by atoms with E-state index in [0.717, 1.165) is 11.3 Å². The lowest BCUT2D eigenvalue weighted by molar-refractivity contribution is -0.123. The lowest BCUT2D eigenvalue weighted by Crippen LogP contribution is -2.27. The first-order chi connectivity index (χ1) is 7.93. The molecule has 0 unspecified atom stereocenters. The molecule has 1 amide bonds. The Labute approximate surface area is 102 Å². The first-order valence-electron chi connectivity index (χ1n) is 5.54. The van der Waals surface area contributed by atoms with E-state index in [2.05, 4.69) is 17.2 Å². The van der Waals surface area contributed by atoms with Crippen LogP contribution in [0.2, 0.25) is 0 Å². The Bertz CT molecular complexity index is 461. The van der Waals surface area contributed by atoms with Crippen LogP contribution < -0.4 is 11.1 Å². The molecule has 1 aromatic rings. The Morgan fingerprint density at radius 2 is 2.12 bits per heavy atom. The Hall–Kier alpha value is -1.79. The van der Waals surface area contributed by atoms with Gasteiger partial charge in [0.05, 0.1) is 6.54 Å². The quantitative estimate of drug-likeness (QED) is 0.725. The monoisotopic (exact) mass is 230 g/mol. The van der Waals surface area contributed by atoms with Gasteiger partial charge in [-0.05, 0) is 18.2 Å². The molecule has 3 nitrogen and oxygen atoms in total. The molecule has 1 rings (SSSR count). The van der Waals surface area contributed by atoms with E-state index in [1.54, 1.807) is 0 Å². The Balaban J connectivity index is 2.83. The number of nitrogens with two attached hydrogens (primary N) is 1. The zero-order valence-electron chi connectivity index (χ0n) is 10.5. The highest BCUT2D eigenvalue weighted by molar-refractivity contribution is 5.94. The van der Waals surface area contributed by atoms with Gasteiger partial charge < -0.3 is 11.1 Å². The predicted molar refractivity (Wildman–Crippen MR) is 70.5 cm³/mol. The summed E-state index contributed by atoms with van der Waals surface area (Å²) in [7, 11) is 0. The molecule has 17 heavy (non-hydrogen) atoms. The van der Waals surface area contributed by atoms with Crippen molar-refractivity contribution in [3.8, 4) is 11.8 Å². The van der Waals surface area contributed by atoms with Crippen LogP contribution in [0.25, 0.3) is 0 Å². The molecule has 0 aliphatic heterocycles. The summed E-state index contributed by atoms with van der Waals surface area (Å²) in [5, 5.41) is 2.86. The first-order valence-corrected chi connectivity index (χ1v) is 5.54. The summed E-state index contributed by atoms with van der Waals surface area (Å²) in [5.41, 5.74) is 6.51. The molecule has 0 atom stereocenters. The topological polar surface area (TPSA) is 55.1 Å². The molecule has 0 heterocycles. The smallest absolute Gasteiger partial charge is 0.229 e. The number of hydrogen-bond acceptors (Lipinski definition) is 2. The van der Waals surface area contributed by atoms with Gasteiger partial charge >= 0.3 is 0 Å². The van der Waals surface area contributed by atoms with Crippen LogP contribution in [0.5, 0.6) is 0 Å². The molecule has 0 spiro atoms. The number of anilines is 1. The minimum absolute atomic E-state index is 0.0126.